The standard InChI is InChI=1S/C17H16FN3O4S2/c18-15-9-12(10-19)1-3-14(15)17(22)20-11-13-2-4-16(26-13)27(23,24)21-5-7-25-8-6-21/h1-4,9H,5-8,11H2,(H,20,22). The zero-order valence-electron chi connectivity index (χ0n) is 14.1. The molecule has 1 aliphatic heterocycles. The second-order valence-electron chi connectivity index (χ2n) is 5.73. The van der Waals surface area contributed by atoms with Crippen molar-refractivity contribution in [3.8, 4) is 6.07 Å². The Morgan fingerprint density at radius 1 is 1.30 bits per heavy atom. The summed E-state index contributed by atoms with van der Waals surface area (Å²) in [7, 11) is -3.58. The third-order valence-corrected chi connectivity index (χ3v) is 7.42. The topological polar surface area (TPSA) is 99.5 Å². The van der Waals surface area contributed by atoms with Gasteiger partial charge in [-0.2, -0.15) is 9.57 Å². The van der Waals surface area contributed by atoms with Gasteiger partial charge in [0.2, 0.25) is 0 Å². The van der Waals surface area contributed by atoms with Crippen LogP contribution in [-0.4, -0.2) is 44.9 Å². The number of halogens is 1. The largest absolute Gasteiger partial charge is 0.379 e. The van der Waals surface area contributed by atoms with Crippen molar-refractivity contribution in [2.24, 2.45) is 0 Å². The number of morpholine rings is 1. The third kappa shape index (κ3) is 4.33. The molecule has 0 atom stereocenters. The molecule has 1 aliphatic rings. The van der Waals surface area contributed by atoms with Crippen molar-refractivity contribution in [1.82, 2.24) is 9.62 Å². The lowest BCUT2D eigenvalue weighted by Gasteiger charge is -2.25. The predicted octanol–water partition coefficient (Wildman–Crippen LogP) is 1.71. The van der Waals surface area contributed by atoms with Gasteiger partial charge >= 0.3 is 0 Å². The van der Waals surface area contributed by atoms with E-state index < -0.39 is 21.7 Å². The van der Waals surface area contributed by atoms with Crippen molar-refractivity contribution in [2.75, 3.05) is 26.3 Å². The van der Waals surface area contributed by atoms with Gasteiger partial charge in [0.15, 0.2) is 0 Å². The van der Waals surface area contributed by atoms with Crippen molar-refractivity contribution < 1.29 is 22.3 Å². The predicted molar refractivity (Wildman–Crippen MR) is 96.2 cm³/mol. The zero-order chi connectivity index (χ0) is 19.4. The van der Waals surface area contributed by atoms with Crippen LogP contribution < -0.4 is 5.32 Å². The van der Waals surface area contributed by atoms with Crippen molar-refractivity contribution >= 4 is 27.3 Å². The van der Waals surface area contributed by atoms with E-state index in [1.165, 1.54) is 22.5 Å². The monoisotopic (exact) mass is 409 g/mol. The van der Waals surface area contributed by atoms with Crippen LogP contribution in [0.2, 0.25) is 0 Å². The summed E-state index contributed by atoms with van der Waals surface area (Å²) in [5.41, 5.74) is -0.0491. The maximum absolute atomic E-state index is 13.9. The normalized spacial score (nSPS) is 15.3. The number of amides is 1. The number of nitriles is 1. The van der Waals surface area contributed by atoms with Crippen LogP contribution >= 0.6 is 11.3 Å². The number of benzene rings is 1. The first kappa shape index (κ1) is 19.4. The number of carbonyl (C=O) groups is 1. The summed E-state index contributed by atoms with van der Waals surface area (Å²) in [6.07, 6.45) is 0. The van der Waals surface area contributed by atoms with Crippen molar-refractivity contribution in [1.29, 1.82) is 5.26 Å². The van der Waals surface area contributed by atoms with Gasteiger partial charge < -0.3 is 10.1 Å². The Morgan fingerprint density at radius 2 is 2.04 bits per heavy atom. The van der Waals surface area contributed by atoms with Crippen molar-refractivity contribution in [2.45, 2.75) is 10.8 Å². The molecule has 1 fully saturated rings. The van der Waals surface area contributed by atoms with E-state index in [2.05, 4.69) is 5.32 Å². The number of carbonyl (C=O) groups excluding carboxylic acids is 1. The van der Waals surface area contributed by atoms with Crippen LogP contribution in [-0.2, 0) is 21.3 Å². The van der Waals surface area contributed by atoms with Gasteiger partial charge in [-0.1, -0.05) is 0 Å². The van der Waals surface area contributed by atoms with Crippen molar-refractivity contribution in [3.05, 3.63) is 52.2 Å². The number of thiophene rings is 1. The summed E-state index contributed by atoms with van der Waals surface area (Å²) in [5.74, 6) is -1.42. The van der Waals surface area contributed by atoms with E-state index in [9.17, 15) is 17.6 Å². The molecule has 1 aromatic carbocycles. The van der Waals surface area contributed by atoms with E-state index in [-0.39, 0.29) is 21.9 Å². The molecule has 0 saturated carbocycles. The van der Waals surface area contributed by atoms with Crippen LogP contribution in [0.3, 0.4) is 0 Å². The lowest BCUT2D eigenvalue weighted by molar-refractivity contribution is 0.0731. The Balaban J connectivity index is 1.66. The molecule has 27 heavy (non-hydrogen) atoms. The number of ether oxygens (including phenoxy) is 1. The SMILES string of the molecule is N#Cc1ccc(C(=O)NCc2ccc(S(=O)(=O)N3CCOCC3)s2)c(F)c1. The molecule has 0 radical (unpaired) electrons. The van der Waals surface area contributed by atoms with Crippen LogP contribution in [0, 0.1) is 17.1 Å². The number of hydrogen-bond donors (Lipinski definition) is 1. The molecule has 1 saturated heterocycles. The highest BCUT2D eigenvalue weighted by atomic mass is 32.2. The minimum Gasteiger partial charge on any atom is -0.379 e. The van der Waals surface area contributed by atoms with Gasteiger partial charge in [-0.3, -0.25) is 4.79 Å². The van der Waals surface area contributed by atoms with Crippen LogP contribution in [0.15, 0.2) is 34.5 Å². The second kappa shape index (κ2) is 8.14. The first-order chi connectivity index (χ1) is 12.9. The highest BCUT2D eigenvalue weighted by Crippen LogP contribution is 2.25. The molecule has 3 rings (SSSR count). The minimum absolute atomic E-state index is 0.0710. The highest BCUT2D eigenvalue weighted by Gasteiger charge is 2.27. The summed E-state index contributed by atoms with van der Waals surface area (Å²) in [6, 6.07) is 8.51. The molecule has 0 spiro atoms. The third-order valence-electron chi connectivity index (χ3n) is 3.97. The first-order valence-corrected chi connectivity index (χ1v) is 10.3. The zero-order valence-corrected chi connectivity index (χ0v) is 15.8. The molecule has 1 amide bonds. The fraction of sp³-hybridized carbons (Fsp3) is 0.294. The molecule has 2 heterocycles. The molecule has 142 valence electrons. The number of hydrogen-bond acceptors (Lipinski definition) is 6. The second-order valence-corrected chi connectivity index (χ2v) is 9.06. The van der Waals surface area contributed by atoms with Gasteiger partial charge in [0.25, 0.3) is 15.9 Å². The van der Waals surface area contributed by atoms with Gasteiger partial charge in [0.1, 0.15) is 10.0 Å². The molecule has 0 aliphatic carbocycles. The number of nitrogens with one attached hydrogen (secondary N) is 1. The fourth-order valence-electron chi connectivity index (χ4n) is 2.54. The lowest BCUT2D eigenvalue weighted by atomic mass is 10.1. The molecular weight excluding hydrogens is 393 g/mol. The minimum atomic E-state index is -3.58. The summed E-state index contributed by atoms with van der Waals surface area (Å²) in [6.45, 7) is 1.42. The maximum Gasteiger partial charge on any atom is 0.254 e. The van der Waals surface area contributed by atoms with Gasteiger partial charge in [0, 0.05) is 18.0 Å². The summed E-state index contributed by atoms with van der Waals surface area (Å²) < 4.78 is 45.8. The molecule has 0 unspecified atom stereocenters. The van der Waals surface area contributed by atoms with Gasteiger partial charge in [-0.05, 0) is 30.3 Å². The van der Waals surface area contributed by atoms with E-state index >= 15 is 0 Å². The van der Waals surface area contributed by atoms with Gasteiger partial charge in [-0.25, -0.2) is 12.8 Å². The number of rotatable bonds is 5. The smallest absolute Gasteiger partial charge is 0.254 e. The summed E-state index contributed by atoms with van der Waals surface area (Å²) >= 11 is 1.06. The maximum atomic E-state index is 13.9. The quantitative estimate of drug-likeness (QED) is 0.810. The fourth-order valence-corrected chi connectivity index (χ4v) is 5.40. The van der Waals surface area contributed by atoms with Crippen LogP contribution in [0.4, 0.5) is 4.39 Å². The van der Waals surface area contributed by atoms with E-state index in [0.29, 0.717) is 31.2 Å². The van der Waals surface area contributed by atoms with Crippen molar-refractivity contribution in [3.63, 3.8) is 0 Å². The molecule has 7 nitrogen and oxygen atoms in total. The first-order valence-electron chi connectivity index (χ1n) is 8.06. The van der Waals surface area contributed by atoms with Gasteiger partial charge in [0.05, 0.1) is 37.0 Å². The van der Waals surface area contributed by atoms with E-state index in [1.807, 2.05) is 0 Å². The average Bonchev–Trinajstić information content (AvgIpc) is 3.16. The molecule has 10 heteroatoms. The average molecular weight is 409 g/mol. The summed E-state index contributed by atoms with van der Waals surface area (Å²) in [5, 5.41) is 11.3. The Kier molecular flexibility index (Phi) is 5.86. The van der Waals surface area contributed by atoms with Crippen LogP contribution in [0.5, 0.6) is 0 Å². The van der Waals surface area contributed by atoms with Crippen LogP contribution in [0.1, 0.15) is 20.8 Å². The summed E-state index contributed by atoms with van der Waals surface area (Å²) in [4.78, 5) is 12.7. The molecular formula is C17H16FN3O4S2. The number of nitrogens with zero attached hydrogens (tertiary/aromatic N) is 2. The molecule has 1 aromatic heterocycles. The number of sulfonamides is 1. The van der Waals surface area contributed by atoms with Gasteiger partial charge in [-0.15, -0.1) is 11.3 Å². The highest BCUT2D eigenvalue weighted by molar-refractivity contribution is 7.91. The Morgan fingerprint density at radius 3 is 2.70 bits per heavy atom. The molecule has 2 aromatic rings. The van der Waals surface area contributed by atoms with E-state index in [0.717, 1.165) is 17.4 Å². The molecule has 1 N–H and O–H groups in total. The lowest BCUT2D eigenvalue weighted by Crippen LogP contribution is -2.40. The Labute approximate surface area is 160 Å². The molecule has 0 bridgehead atoms. The Bertz CT molecular complexity index is 992. The van der Waals surface area contributed by atoms with E-state index in [4.69, 9.17) is 10.00 Å². The van der Waals surface area contributed by atoms with Crippen LogP contribution in [0.25, 0.3) is 0 Å². The van der Waals surface area contributed by atoms with E-state index in [1.54, 1.807) is 12.1 Å². The Hall–Kier alpha value is -2.32.